The lowest BCUT2D eigenvalue weighted by molar-refractivity contribution is 0.430. The monoisotopic (exact) mass is 312 g/mol. The van der Waals surface area contributed by atoms with Crippen molar-refractivity contribution in [1.82, 2.24) is 10.6 Å². The van der Waals surface area contributed by atoms with Gasteiger partial charge in [0.25, 0.3) is 0 Å². The normalized spacial score (nSPS) is 19.9. The van der Waals surface area contributed by atoms with Crippen LogP contribution in [0.25, 0.3) is 0 Å². The van der Waals surface area contributed by atoms with E-state index in [-0.39, 0.29) is 24.8 Å². The molecule has 5 heteroatoms. The van der Waals surface area contributed by atoms with Gasteiger partial charge < -0.3 is 10.6 Å². The maximum absolute atomic E-state index is 3.48. The average molecular weight is 314 g/mol. The molecule has 0 aromatic heterocycles. The molecule has 1 atom stereocenters. The molecule has 0 saturated carbocycles. The van der Waals surface area contributed by atoms with E-state index < -0.39 is 0 Å². The Morgan fingerprint density at radius 3 is 2.27 bits per heavy atom. The van der Waals surface area contributed by atoms with Crippen LogP contribution in [0.3, 0.4) is 0 Å². The molecule has 1 fully saturated rings. The largest absolute Gasteiger partial charge is 0.314 e. The Kier molecular flexibility index (Phi) is 7.57. The highest BCUT2D eigenvalue weighted by molar-refractivity contribution is 9.10. The van der Waals surface area contributed by atoms with Gasteiger partial charge in [0.05, 0.1) is 0 Å². The van der Waals surface area contributed by atoms with Crippen molar-refractivity contribution >= 4 is 40.7 Å². The van der Waals surface area contributed by atoms with Crippen molar-refractivity contribution in [3.63, 3.8) is 0 Å². The van der Waals surface area contributed by atoms with Crippen LogP contribution in [0.15, 0.2) is 28.7 Å². The van der Waals surface area contributed by atoms with Gasteiger partial charge in [-0.25, -0.2) is 0 Å². The second-order valence-electron chi connectivity index (χ2n) is 3.26. The number of hydrogen-bond donors (Lipinski definition) is 2. The van der Waals surface area contributed by atoms with Crippen LogP contribution in [0.5, 0.6) is 0 Å². The summed E-state index contributed by atoms with van der Waals surface area (Å²) in [6, 6.07) is 8.97. The number of rotatable bonds is 1. The molecule has 15 heavy (non-hydrogen) atoms. The smallest absolute Gasteiger partial charge is 0.0447 e. The van der Waals surface area contributed by atoms with Crippen LogP contribution < -0.4 is 10.6 Å². The van der Waals surface area contributed by atoms with E-state index in [1.807, 2.05) is 0 Å². The summed E-state index contributed by atoms with van der Waals surface area (Å²) in [5.74, 6) is 0. The Morgan fingerprint density at radius 2 is 1.73 bits per heavy atom. The highest BCUT2D eigenvalue weighted by Crippen LogP contribution is 2.17. The maximum Gasteiger partial charge on any atom is 0.0447 e. The Balaban J connectivity index is 0.000000980. The van der Waals surface area contributed by atoms with Crippen molar-refractivity contribution in [2.24, 2.45) is 0 Å². The van der Waals surface area contributed by atoms with E-state index in [2.05, 4.69) is 50.8 Å². The highest BCUT2D eigenvalue weighted by atomic mass is 79.9. The average Bonchev–Trinajstić information content (AvgIpc) is 2.20. The summed E-state index contributed by atoms with van der Waals surface area (Å²) >= 11 is 3.43. The third kappa shape index (κ3) is 4.29. The summed E-state index contributed by atoms with van der Waals surface area (Å²) in [4.78, 5) is 0. The fraction of sp³-hybridized carbons (Fsp3) is 0.400. The molecule has 0 spiro atoms. The molecule has 1 heterocycles. The molecule has 0 aliphatic carbocycles. The summed E-state index contributed by atoms with van der Waals surface area (Å²) in [5, 5.41) is 6.85. The predicted octanol–water partition coefficient (Wildman–Crippen LogP) is 2.53. The van der Waals surface area contributed by atoms with Gasteiger partial charge in [-0.05, 0) is 17.7 Å². The van der Waals surface area contributed by atoms with Crippen molar-refractivity contribution in [2.45, 2.75) is 6.04 Å². The van der Waals surface area contributed by atoms with Gasteiger partial charge >= 0.3 is 0 Å². The van der Waals surface area contributed by atoms with Gasteiger partial charge in [0, 0.05) is 30.1 Å². The van der Waals surface area contributed by atoms with E-state index in [9.17, 15) is 0 Å². The maximum atomic E-state index is 3.48. The lowest BCUT2D eigenvalue weighted by Crippen LogP contribution is -2.42. The molecule has 1 aromatic carbocycles. The van der Waals surface area contributed by atoms with Crippen LogP contribution in [0.4, 0.5) is 0 Å². The Morgan fingerprint density at radius 1 is 1.07 bits per heavy atom. The van der Waals surface area contributed by atoms with Crippen molar-refractivity contribution in [1.29, 1.82) is 0 Å². The standard InChI is InChI=1S/C10H13BrN2.2ClH/c11-9-3-1-8(2-4-9)10-7-12-5-6-13-10;;/h1-4,10,12-13H,5-7H2;2*1H/t10-;;/m1../s1. The second-order valence-corrected chi connectivity index (χ2v) is 4.18. The molecular weight excluding hydrogens is 299 g/mol. The van der Waals surface area contributed by atoms with Gasteiger partial charge in [-0.1, -0.05) is 28.1 Å². The number of benzene rings is 1. The second kappa shape index (κ2) is 7.47. The van der Waals surface area contributed by atoms with E-state index in [1.165, 1.54) is 5.56 Å². The first kappa shape index (κ1) is 15.2. The van der Waals surface area contributed by atoms with Gasteiger partial charge in [0.1, 0.15) is 0 Å². The first-order chi connectivity index (χ1) is 6.36. The molecule has 0 radical (unpaired) electrons. The lowest BCUT2D eigenvalue weighted by atomic mass is 10.1. The van der Waals surface area contributed by atoms with Crippen LogP contribution in [0.1, 0.15) is 11.6 Å². The molecule has 1 aliphatic rings. The molecule has 2 rings (SSSR count). The van der Waals surface area contributed by atoms with E-state index in [0.717, 1.165) is 24.1 Å². The molecule has 1 aromatic rings. The number of halogens is 3. The minimum absolute atomic E-state index is 0. The molecule has 0 bridgehead atoms. The van der Waals surface area contributed by atoms with Gasteiger partial charge in [-0.2, -0.15) is 0 Å². The Hall–Kier alpha value is 0.200. The van der Waals surface area contributed by atoms with Gasteiger partial charge in [-0.3, -0.25) is 0 Å². The van der Waals surface area contributed by atoms with Crippen LogP contribution in [-0.4, -0.2) is 19.6 Å². The minimum atomic E-state index is 0. The van der Waals surface area contributed by atoms with E-state index in [4.69, 9.17) is 0 Å². The van der Waals surface area contributed by atoms with Crippen molar-refractivity contribution in [2.75, 3.05) is 19.6 Å². The van der Waals surface area contributed by atoms with Gasteiger partial charge in [0.15, 0.2) is 0 Å². The lowest BCUT2D eigenvalue weighted by Gasteiger charge is -2.24. The molecule has 86 valence electrons. The number of piperazine rings is 1. The van der Waals surface area contributed by atoms with Crippen LogP contribution in [0.2, 0.25) is 0 Å². The molecule has 0 unspecified atom stereocenters. The van der Waals surface area contributed by atoms with Crippen molar-refractivity contribution < 1.29 is 0 Å². The molecule has 0 amide bonds. The topological polar surface area (TPSA) is 24.1 Å². The molecule has 2 nitrogen and oxygen atoms in total. The van der Waals surface area contributed by atoms with Gasteiger partial charge in [-0.15, -0.1) is 24.8 Å². The SMILES string of the molecule is Brc1ccc([C@H]2CNCCN2)cc1.Cl.Cl. The van der Waals surface area contributed by atoms with Crippen LogP contribution in [0, 0.1) is 0 Å². The highest BCUT2D eigenvalue weighted by Gasteiger charge is 2.13. The fourth-order valence-electron chi connectivity index (χ4n) is 1.58. The predicted molar refractivity (Wildman–Crippen MR) is 72.3 cm³/mol. The summed E-state index contributed by atoms with van der Waals surface area (Å²) in [6.07, 6.45) is 0. The van der Waals surface area contributed by atoms with Crippen molar-refractivity contribution in [3.05, 3.63) is 34.3 Å². The third-order valence-electron chi connectivity index (χ3n) is 2.31. The van der Waals surface area contributed by atoms with E-state index in [0.29, 0.717) is 6.04 Å². The minimum Gasteiger partial charge on any atom is -0.314 e. The van der Waals surface area contributed by atoms with Crippen molar-refractivity contribution in [3.8, 4) is 0 Å². The zero-order valence-corrected chi connectivity index (χ0v) is 11.4. The van der Waals surface area contributed by atoms with E-state index >= 15 is 0 Å². The summed E-state index contributed by atoms with van der Waals surface area (Å²) in [6.45, 7) is 3.16. The fourth-order valence-corrected chi connectivity index (χ4v) is 1.85. The Labute approximate surface area is 111 Å². The molecule has 2 N–H and O–H groups in total. The van der Waals surface area contributed by atoms with Gasteiger partial charge in [0.2, 0.25) is 0 Å². The molecular formula is C10H15BrCl2N2. The van der Waals surface area contributed by atoms with Crippen LogP contribution in [-0.2, 0) is 0 Å². The summed E-state index contributed by atoms with van der Waals surface area (Å²) in [7, 11) is 0. The third-order valence-corrected chi connectivity index (χ3v) is 2.84. The van der Waals surface area contributed by atoms with E-state index in [1.54, 1.807) is 0 Å². The first-order valence-corrected chi connectivity index (χ1v) is 5.35. The van der Waals surface area contributed by atoms with Crippen LogP contribution >= 0.6 is 40.7 Å². The number of hydrogen-bond acceptors (Lipinski definition) is 2. The molecule has 1 saturated heterocycles. The first-order valence-electron chi connectivity index (χ1n) is 4.56. The number of nitrogens with one attached hydrogen (secondary N) is 2. The zero-order chi connectivity index (χ0) is 9.10. The zero-order valence-electron chi connectivity index (χ0n) is 8.20. The Bertz CT molecular complexity index is 273. The molecule has 1 aliphatic heterocycles. The quantitative estimate of drug-likeness (QED) is 0.832. The summed E-state index contributed by atoms with van der Waals surface area (Å²) in [5.41, 5.74) is 1.36. The summed E-state index contributed by atoms with van der Waals surface area (Å²) < 4.78 is 1.14.